The number of rotatable bonds is 4. The van der Waals surface area contributed by atoms with Gasteiger partial charge >= 0.3 is 0 Å². The van der Waals surface area contributed by atoms with E-state index in [1.54, 1.807) is 4.68 Å². The molecule has 26 heavy (non-hydrogen) atoms. The smallest absolute Gasteiger partial charge is 0.262 e. The first-order valence-electron chi connectivity index (χ1n) is 8.74. The predicted octanol–water partition coefficient (Wildman–Crippen LogP) is 2.55. The number of fused-ring (bicyclic) bond motifs is 1. The molecule has 0 aromatic carbocycles. The third-order valence-electron chi connectivity index (χ3n) is 5.02. The fraction of sp³-hybridized carbons (Fsp3) is 0.529. The molecular weight excluding hydrogens is 352 g/mol. The van der Waals surface area contributed by atoms with Gasteiger partial charge in [-0.2, -0.15) is 10.1 Å². The molecule has 4 rings (SSSR count). The second kappa shape index (κ2) is 6.17. The lowest BCUT2D eigenvalue weighted by molar-refractivity contribution is 0.0936. The number of aryl methyl sites for hydroxylation is 2. The van der Waals surface area contributed by atoms with Crippen LogP contribution >= 0.6 is 11.3 Å². The lowest BCUT2D eigenvalue weighted by Crippen LogP contribution is -2.34. The van der Waals surface area contributed by atoms with Crippen LogP contribution in [0.3, 0.4) is 0 Å². The molecule has 0 aliphatic heterocycles. The van der Waals surface area contributed by atoms with E-state index in [-0.39, 0.29) is 5.91 Å². The van der Waals surface area contributed by atoms with Crippen molar-refractivity contribution in [3.63, 3.8) is 0 Å². The van der Waals surface area contributed by atoms with E-state index in [2.05, 4.69) is 20.6 Å². The number of nitrogens with one attached hydrogen (secondary N) is 1. The first-order chi connectivity index (χ1) is 12.4. The molecule has 9 heteroatoms. The van der Waals surface area contributed by atoms with Crippen LogP contribution in [0.4, 0.5) is 0 Å². The van der Waals surface area contributed by atoms with Gasteiger partial charge < -0.3 is 15.6 Å². The van der Waals surface area contributed by atoms with Gasteiger partial charge in [0, 0.05) is 12.4 Å². The summed E-state index contributed by atoms with van der Waals surface area (Å²) in [6, 6.07) is 1.48. The zero-order valence-corrected chi connectivity index (χ0v) is 15.9. The van der Waals surface area contributed by atoms with Gasteiger partial charge in [0.25, 0.3) is 5.91 Å². The molecule has 3 N–H and O–H groups in total. The van der Waals surface area contributed by atoms with Crippen molar-refractivity contribution < 1.29 is 9.32 Å². The summed E-state index contributed by atoms with van der Waals surface area (Å²) in [7, 11) is 1.88. The van der Waals surface area contributed by atoms with E-state index in [4.69, 9.17) is 10.3 Å². The number of thiophene rings is 1. The highest BCUT2D eigenvalue weighted by Gasteiger charge is 2.36. The quantitative estimate of drug-likeness (QED) is 0.726. The number of carbonyl (C=O) groups excluding carboxylic acids is 1. The molecule has 1 aliphatic rings. The van der Waals surface area contributed by atoms with Crippen LogP contribution in [-0.2, 0) is 12.6 Å². The number of aromatic nitrogens is 4. The van der Waals surface area contributed by atoms with Gasteiger partial charge in [-0.3, -0.25) is 9.48 Å². The minimum absolute atomic E-state index is 0.166. The SMILES string of the molecule is Cc1nn(C)c2sc(C(=O)NC(C)c3nc(C4(N)CCCC4)no3)cc12. The second-order valence-electron chi connectivity index (χ2n) is 7.05. The van der Waals surface area contributed by atoms with Crippen LogP contribution in [0.5, 0.6) is 0 Å². The van der Waals surface area contributed by atoms with Crippen LogP contribution < -0.4 is 11.1 Å². The molecule has 138 valence electrons. The average Bonchev–Trinajstić information content (AvgIpc) is 3.35. The molecule has 1 unspecified atom stereocenters. The maximum Gasteiger partial charge on any atom is 0.262 e. The summed E-state index contributed by atoms with van der Waals surface area (Å²) in [5.74, 6) is 0.750. The van der Waals surface area contributed by atoms with Crippen molar-refractivity contribution in [2.75, 3.05) is 0 Å². The van der Waals surface area contributed by atoms with Gasteiger partial charge in [-0.25, -0.2) is 0 Å². The van der Waals surface area contributed by atoms with E-state index in [0.717, 1.165) is 41.6 Å². The summed E-state index contributed by atoms with van der Waals surface area (Å²) in [6.45, 7) is 3.76. The Bertz CT molecular complexity index is 931. The van der Waals surface area contributed by atoms with Crippen molar-refractivity contribution in [1.82, 2.24) is 25.2 Å². The Morgan fingerprint density at radius 2 is 2.19 bits per heavy atom. The molecule has 8 nitrogen and oxygen atoms in total. The minimum atomic E-state index is -0.499. The van der Waals surface area contributed by atoms with Crippen LogP contribution in [0, 0.1) is 6.92 Å². The van der Waals surface area contributed by atoms with Gasteiger partial charge in [0.05, 0.1) is 16.1 Å². The van der Waals surface area contributed by atoms with Gasteiger partial charge in [0.2, 0.25) is 5.89 Å². The Hall–Kier alpha value is -2.26. The van der Waals surface area contributed by atoms with Crippen molar-refractivity contribution >= 4 is 27.5 Å². The number of amides is 1. The molecule has 1 atom stereocenters. The highest BCUT2D eigenvalue weighted by atomic mass is 32.1. The van der Waals surface area contributed by atoms with Crippen LogP contribution in [0.1, 0.15) is 65.7 Å². The maximum absolute atomic E-state index is 12.6. The van der Waals surface area contributed by atoms with E-state index in [1.165, 1.54) is 11.3 Å². The molecule has 0 bridgehead atoms. The van der Waals surface area contributed by atoms with E-state index < -0.39 is 11.6 Å². The Kier molecular flexibility index (Phi) is 4.07. The molecule has 1 saturated carbocycles. The van der Waals surface area contributed by atoms with Crippen LogP contribution in [0.15, 0.2) is 10.6 Å². The Labute approximate surface area is 154 Å². The zero-order valence-electron chi connectivity index (χ0n) is 15.1. The molecule has 3 heterocycles. The topological polar surface area (TPSA) is 112 Å². The number of nitrogens with two attached hydrogens (primary N) is 1. The predicted molar refractivity (Wildman–Crippen MR) is 97.8 cm³/mol. The van der Waals surface area contributed by atoms with Gasteiger partial charge in [0.1, 0.15) is 10.9 Å². The van der Waals surface area contributed by atoms with Crippen molar-refractivity contribution in [2.24, 2.45) is 12.8 Å². The average molecular weight is 374 g/mol. The Balaban J connectivity index is 1.50. The molecule has 3 aromatic rings. The normalized spacial score (nSPS) is 17.7. The van der Waals surface area contributed by atoms with E-state index in [1.807, 2.05) is 27.0 Å². The van der Waals surface area contributed by atoms with Gasteiger partial charge in [0.15, 0.2) is 5.82 Å². The number of hydrogen-bond donors (Lipinski definition) is 2. The molecule has 0 saturated heterocycles. The molecular formula is C17H22N6O2S. The summed E-state index contributed by atoms with van der Waals surface area (Å²) < 4.78 is 7.15. The highest BCUT2D eigenvalue weighted by Crippen LogP contribution is 2.35. The van der Waals surface area contributed by atoms with E-state index in [9.17, 15) is 4.79 Å². The van der Waals surface area contributed by atoms with Crippen molar-refractivity contribution in [1.29, 1.82) is 0 Å². The van der Waals surface area contributed by atoms with E-state index in [0.29, 0.717) is 16.6 Å². The summed E-state index contributed by atoms with van der Waals surface area (Å²) in [5.41, 5.74) is 6.78. The monoisotopic (exact) mass is 374 g/mol. The van der Waals surface area contributed by atoms with Crippen LogP contribution in [0.2, 0.25) is 0 Å². The number of nitrogens with zero attached hydrogens (tertiary/aromatic N) is 4. The second-order valence-corrected chi connectivity index (χ2v) is 8.08. The van der Waals surface area contributed by atoms with Gasteiger partial charge in [-0.15, -0.1) is 11.3 Å². The van der Waals surface area contributed by atoms with E-state index >= 15 is 0 Å². The largest absolute Gasteiger partial charge is 0.340 e. The highest BCUT2D eigenvalue weighted by molar-refractivity contribution is 7.20. The fourth-order valence-corrected chi connectivity index (χ4v) is 4.52. The fourth-order valence-electron chi connectivity index (χ4n) is 3.49. The van der Waals surface area contributed by atoms with Gasteiger partial charge in [-0.1, -0.05) is 18.0 Å². The number of carbonyl (C=O) groups is 1. The molecule has 1 aliphatic carbocycles. The summed E-state index contributed by atoms with van der Waals surface area (Å²) in [5, 5.41) is 12.3. The van der Waals surface area contributed by atoms with Crippen LogP contribution in [0.25, 0.3) is 10.2 Å². The third-order valence-corrected chi connectivity index (χ3v) is 6.22. The lowest BCUT2D eigenvalue weighted by atomic mass is 9.99. The number of hydrogen-bond acceptors (Lipinski definition) is 7. The van der Waals surface area contributed by atoms with Crippen molar-refractivity contribution in [3.05, 3.63) is 28.4 Å². The van der Waals surface area contributed by atoms with Crippen molar-refractivity contribution in [2.45, 2.75) is 51.1 Å². The standard InChI is InChI=1S/C17H22N6O2S/c1-9-11-8-12(26-15(11)23(3)21-9)13(24)19-10(2)14-20-16(22-25-14)17(18)6-4-5-7-17/h8,10H,4-7,18H2,1-3H3,(H,19,24). The summed E-state index contributed by atoms with van der Waals surface area (Å²) >= 11 is 1.42. The maximum atomic E-state index is 12.6. The van der Waals surface area contributed by atoms with Crippen molar-refractivity contribution in [3.8, 4) is 0 Å². The first kappa shape index (κ1) is 17.2. The zero-order chi connectivity index (χ0) is 18.5. The summed E-state index contributed by atoms with van der Waals surface area (Å²) in [6.07, 6.45) is 3.88. The minimum Gasteiger partial charge on any atom is -0.340 e. The molecule has 3 aromatic heterocycles. The third kappa shape index (κ3) is 2.80. The van der Waals surface area contributed by atoms with Gasteiger partial charge in [-0.05, 0) is 32.8 Å². The Morgan fingerprint density at radius 3 is 2.88 bits per heavy atom. The molecule has 1 amide bonds. The molecule has 0 radical (unpaired) electrons. The molecule has 0 spiro atoms. The van der Waals surface area contributed by atoms with Crippen LogP contribution in [-0.4, -0.2) is 25.8 Å². The summed E-state index contributed by atoms with van der Waals surface area (Å²) in [4.78, 5) is 18.7. The lowest BCUT2D eigenvalue weighted by Gasteiger charge is -2.17. The Morgan fingerprint density at radius 1 is 1.46 bits per heavy atom. The molecule has 1 fully saturated rings. The first-order valence-corrected chi connectivity index (χ1v) is 9.56.